The van der Waals surface area contributed by atoms with Crippen molar-refractivity contribution in [1.82, 2.24) is 0 Å². The van der Waals surface area contributed by atoms with E-state index >= 15 is 0 Å². The second kappa shape index (κ2) is 3.30. The Morgan fingerprint density at radius 1 is 1.14 bits per heavy atom. The van der Waals surface area contributed by atoms with Crippen molar-refractivity contribution in [2.75, 3.05) is 0 Å². The van der Waals surface area contributed by atoms with E-state index in [1.807, 2.05) is 0 Å². The average molecular weight is 204 g/mol. The minimum absolute atomic E-state index is 0.666. The SMILES string of the molecule is c1ccc(SC23CCCCC2C3)cc1. The molecule has 0 aromatic heterocycles. The van der Waals surface area contributed by atoms with Gasteiger partial charge in [-0.2, -0.15) is 0 Å². The first-order chi connectivity index (χ1) is 6.89. The molecule has 0 amide bonds. The monoisotopic (exact) mass is 204 g/mol. The quantitative estimate of drug-likeness (QED) is 0.698. The van der Waals surface area contributed by atoms with Gasteiger partial charge in [0.15, 0.2) is 0 Å². The molecule has 0 radical (unpaired) electrons. The molecule has 0 nitrogen and oxygen atoms in total. The maximum atomic E-state index is 2.25. The summed E-state index contributed by atoms with van der Waals surface area (Å²) in [6, 6.07) is 10.9. The van der Waals surface area contributed by atoms with Crippen LogP contribution < -0.4 is 0 Å². The van der Waals surface area contributed by atoms with Gasteiger partial charge in [-0.15, -0.1) is 11.8 Å². The van der Waals surface area contributed by atoms with Crippen LogP contribution in [-0.2, 0) is 0 Å². The van der Waals surface area contributed by atoms with Crippen molar-refractivity contribution in [2.24, 2.45) is 5.92 Å². The van der Waals surface area contributed by atoms with Gasteiger partial charge < -0.3 is 0 Å². The Labute approximate surface area is 90.1 Å². The van der Waals surface area contributed by atoms with Crippen molar-refractivity contribution in [3.63, 3.8) is 0 Å². The van der Waals surface area contributed by atoms with Crippen molar-refractivity contribution in [1.29, 1.82) is 0 Å². The van der Waals surface area contributed by atoms with E-state index in [-0.39, 0.29) is 0 Å². The summed E-state index contributed by atoms with van der Waals surface area (Å²) in [5.74, 6) is 1.04. The third kappa shape index (κ3) is 1.48. The molecule has 2 unspecified atom stereocenters. The predicted octanol–water partition coefficient (Wildman–Crippen LogP) is 4.11. The molecule has 0 N–H and O–H groups in total. The molecule has 0 aliphatic heterocycles. The molecule has 0 spiro atoms. The zero-order valence-electron chi connectivity index (χ0n) is 8.41. The fourth-order valence-corrected chi connectivity index (χ4v) is 4.32. The molecule has 2 atom stereocenters. The average Bonchev–Trinajstić information content (AvgIpc) is 2.93. The van der Waals surface area contributed by atoms with E-state index in [0.29, 0.717) is 4.75 Å². The van der Waals surface area contributed by atoms with Crippen LogP contribution in [0.5, 0.6) is 0 Å². The third-order valence-corrected chi connectivity index (χ3v) is 5.26. The van der Waals surface area contributed by atoms with Crippen LogP contribution in [-0.4, -0.2) is 4.75 Å². The molecule has 2 fully saturated rings. The molecule has 3 rings (SSSR count). The highest BCUT2D eigenvalue weighted by Gasteiger charge is 2.55. The minimum Gasteiger partial charge on any atom is -0.119 e. The molecule has 1 aromatic rings. The smallest absolute Gasteiger partial charge is 0.0239 e. The van der Waals surface area contributed by atoms with Gasteiger partial charge in [0, 0.05) is 9.64 Å². The van der Waals surface area contributed by atoms with E-state index < -0.39 is 0 Å². The van der Waals surface area contributed by atoms with Gasteiger partial charge in [0.05, 0.1) is 0 Å². The second-order valence-corrected chi connectivity index (χ2v) is 6.12. The van der Waals surface area contributed by atoms with Gasteiger partial charge in [-0.05, 0) is 37.3 Å². The molecule has 1 heteroatoms. The lowest BCUT2D eigenvalue weighted by molar-refractivity contribution is 0.503. The highest BCUT2D eigenvalue weighted by atomic mass is 32.2. The summed E-state index contributed by atoms with van der Waals surface area (Å²) in [6.07, 6.45) is 7.35. The number of thioether (sulfide) groups is 1. The Morgan fingerprint density at radius 3 is 2.79 bits per heavy atom. The van der Waals surface area contributed by atoms with Crippen molar-refractivity contribution < 1.29 is 0 Å². The third-order valence-electron chi connectivity index (χ3n) is 3.64. The first kappa shape index (κ1) is 8.84. The summed E-state index contributed by atoms with van der Waals surface area (Å²) in [4.78, 5) is 1.47. The normalized spacial score (nSPS) is 35.0. The van der Waals surface area contributed by atoms with Gasteiger partial charge in [0.1, 0.15) is 0 Å². The lowest BCUT2D eigenvalue weighted by atomic mass is 10.0. The first-order valence-corrected chi connectivity index (χ1v) is 6.45. The highest BCUT2D eigenvalue weighted by molar-refractivity contribution is 8.01. The Bertz CT molecular complexity index is 319. The van der Waals surface area contributed by atoms with Crippen LogP contribution in [0, 0.1) is 5.92 Å². The number of benzene rings is 1. The topological polar surface area (TPSA) is 0 Å². The van der Waals surface area contributed by atoms with E-state index in [1.54, 1.807) is 0 Å². The van der Waals surface area contributed by atoms with E-state index in [1.165, 1.54) is 37.0 Å². The zero-order chi connectivity index (χ0) is 9.43. The molecule has 0 heterocycles. The fourth-order valence-electron chi connectivity index (χ4n) is 2.74. The molecule has 14 heavy (non-hydrogen) atoms. The number of hydrogen-bond donors (Lipinski definition) is 0. The maximum absolute atomic E-state index is 2.25. The van der Waals surface area contributed by atoms with Crippen molar-refractivity contribution >= 4 is 11.8 Å². The van der Waals surface area contributed by atoms with E-state index in [0.717, 1.165) is 5.92 Å². The molecular weight excluding hydrogens is 188 g/mol. The predicted molar refractivity (Wildman–Crippen MR) is 61.6 cm³/mol. The molecule has 1 aromatic carbocycles. The molecule has 2 aliphatic rings. The molecule has 0 bridgehead atoms. The summed E-state index contributed by atoms with van der Waals surface area (Å²) in [7, 11) is 0. The minimum atomic E-state index is 0.666. The first-order valence-electron chi connectivity index (χ1n) is 5.63. The van der Waals surface area contributed by atoms with Crippen LogP contribution in [0.25, 0.3) is 0 Å². The molecule has 74 valence electrons. The number of rotatable bonds is 2. The number of fused-ring (bicyclic) bond motifs is 1. The fraction of sp³-hybridized carbons (Fsp3) is 0.538. The summed E-state index contributed by atoms with van der Waals surface area (Å²) < 4.78 is 0.666. The lowest BCUT2D eigenvalue weighted by Crippen LogP contribution is -2.11. The van der Waals surface area contributed by atoms with Crippen LogP contribution >= 0.6 is 11.8 Å². The van der Waals surface area contributed by atoms with Crippen molar-refractivity contribution in [3.8, 4) is 0 Å². The van der Waals surface area contributed by atoms with Crippen LogP contribution in [0.2, 0.25) is 0 Å². The van der Waals surface area contributed by atoms with Crippen LogP contribution in [0.4, 0.5) is 0 Å². The van der Waals surface area contributed by atoms with E-state index in [2.05, 4.69) is 42.1 Å². The summed E-state index contributed by atoms with van der Waals surface area (Å²) in [6.45, 7) is 0. The standard InChI is InChI=1S/C13H16S/c1-2-7-12(8-3-1)14-13-9-5-4-6-11(13)10-13/h1-3,7-8,11H,4-6,9-10H2. The van der Waals surface area contributed by atoms with E-state index in [4.69, 9.17) is 0 Å². The molecule has 0 saturated heterocycles. The largest absolute Gasteiger partial charge is 0.119 e. The maximum Gasteiger partial charge on any atom is 0.0239 e. The van der Waals surface area contributed by atoms with Gasteiger partial charge in [-0.3, -0.25) is 0 Å². The molecular formula is C13H16S. The summed E-state index contributed by atoms with van der Waals surface area (Å²) in [5.41, 5.74) is 0. The summed E-state index contributed by atoms with van der Waals surface area (Å²) in [5, 5.41) is 0. The Kier molecular flexibility index (Phi) is 2.09. The van der Waals surface area contributed by atoms with Gasteiger partial charge in [0.2, 0.25) is 0 Å². The Morgan fingerprint density at radius 2 is 2.00 bits per heavy atom. The molecule has 2 saturated carbocycles. The lowest BCUT2D eigenvalue weighted by Gasteiger charge is -2.21. The van der Waals surface area contributed by atoms with Crippen LogP contribution in [0.15, 0.2) is 35.2 Å². The van der Waals surface area contributed by atoms with Crippen molar-refractivity contribution in [2.45, 2.75) is 41.7 Å². The molecule has 2 aliphatic carbocycles. The van der Waals surface area contributed by atoms with Gasteiger partial charge in [-0.25, -0.2) is 0 Å². The Hall–Kier alpha value is -0.430. The van der Waals surface area contributed by atoms with Gasteiger partial charge in [0.25, 0.3) is 0 Å². The zero-order valence-corrected chi connectivity index (χ0v) is 9.22. The van der Waals surface area contributed by atoms with Crippen molar-refractivity contribution in [3.05, 3.63) is 30.3 Å². The van der Waals surface area contributed by atoms with Gasteiger partial charge >= 0.3 is 0 Å². The highest BCUT2D eigenvalue weighted by Crippen LogP contribution is 2.63. The Balaban J connectivity index is 1.74. The van der Waals surface area contributed by atoms with Gasteiger partial charge in [-0.1, -0.05) is 31.0 Å². The van der Waals surface area contributed by atoms with Crippen LogP contribution in [0.1, 0.15) is 32.1 Å². The summed E-state index contributed by atoms with van der Waals surface area (Å²) >= 11 is 2.14. The van der Waals surface area contributed by atoms with E-state index in [9.17, 15) is 0 Å². The second-order valence-electron chi connectivity index (χ2n) is 4.63. The number of hydrogen-bond acceptors (Lipinski definition) is 1. The van der Waals surface area contributed by atoms with Crippen LogP contribution in [0.3, 0.4) is 0 Å².